The Kier molecular flexibility index (Phi) is 6.40. The number of hydrogen-bond acceptors (Lipinski definition) is 4. The van der Waals surface area contributed by atoms with Crippen molar-refractivity contribution < 1.29 is 13.2 Å². The first kappa shape index (κ1) is 14.9. The van der Waals surface area contributed by atoms with E-state index in [1.165, 1.54) is 0 Å². The van der Waals surface area contributed by atoms with Crippen molar-refractivity contribution in [1.29, 1.82) is 0 Å². The molecule has 1 fully saturated rings. The molecule has 1 N–H and O–H groups in total. The minimum atomic E-state index is -3.12. The highest BCUT2D eigenvalue weighted by Crippen LogP contribution is 2.11. The summed E-state index contributed by atoms with van der Waals surface area (Å²) in [6.07, 6.45) is 2.78. The summed E-state index contributed by atoms with van der Waals surface area (Å²) < 4.78 is 30.6. The Morgan fingerprint density at radius 3 is 2.76 bits per heavy atom. The maximum Gasteiger partial charge on any atom is 0.214 e. The maximum atomic E-state index is 12.1. The minimum Gasteiger partial charge on any atom is -0.385 e. The van der Waals surface area contributed by atoms with Gasteiger partial charge in [-0.15, -0.1) is 0 Å². The van der Waals surface area contributed by atoms with Crippen LogP contribution < -0.4 is 5.32 Å². The molecule has 1 rings (SSSR count). The van der Waals surface area contributed by atoms with Crippen LogP contribution >= 0.6 is 0 Å². The molecule has 1 atom stereocenters. The fourth-order valence-electron chi connectivity index (χ4n) is 2.11. The van der Waals surface area contributed by atoms with E-state index in [2.05, 4.69) is 5.32 Å². The summed E-state index contributed by atoms with van der Waals surface area (Å²) >= 11 is 0. The van der Waals surface area contributed by atoms with Crippen LogP contribution in [0.4, 0.5) is 0 Å². The van der Waals surface area contributed by atoms with Gasteiger partial charge in [-0.3, -0.25) is 0 Å². The van der Waals surface area contributed by atoms with Gasteiger partial charge >= 0.3 is 0 Å². The van der Waals surface area contributed by atoms with Crippen molar-refractivity contribution in [2.75, 3.05) is 39.1 Å². The first-order chi connectivity index (χ1) is 8.10. The number of nitrogens with one attached hydrogen (secondary N) is 1. The highest BCUT2D eigenvalue weighted by atomic mass is 32.2. The molecule has 0 aliphatic carbocycles. The third kappa shape index (κ3) is 4.91. The van der Waals surface area contributed by atoms with Crippen LogP contribution in [0.25, 0.3) is 0 Å². The van der Waals surface area contributed by atoms with Gasteiger partial charge < -0.3 is 10.1 Å². The third-order valence-corrected chi connectivity index (χ3v) is 5.08. The second kappa shape index (κ2) is 7.31. The Morgan fingerprint density at radius 1 is 1.47 bits per heavy atom. The van der Waals surface area contributed by atoms with Gasteiger partial charge in [-0.25, -0.2) is 12.7 Å². The highest BCUT2D eigenvalue weighted by molar-refractivity contribution is 7.89. The first-order valence-electron chi connectivity index (χ1n) is 6.30. The van der Waals surface area contributed by atoms with E-state index in [-0.39, 0.29) is 5.75 Å². The fraction of sp³-hybridized carbons (Fsp3) is 1.00. The average molecular weight is 264 g/mol. The van der Waals surface area contributed by atoms with Gasteiger partial charge in [0, 0.05) is 32.8 Å². The van der Waals surface area contributed by atoms with Crippen LogP contribution in [-0.2, 0) is 14.8 Å². The molecule has 0 bridgehead atoms. The molecule has 1 heterocycles. The molecule has 1 unspecified atom stereocenters. The van der Waals surface area contributed by atoms with Crippen LogP contribution in [0.1, 0.15) is 26.2 Å². The molecule has 0 aromatic carbocycles. The van der Waals surface area contributed by atoms with E-state index in [1.54, 1.807) is 11.4 Å². The van der Waals surface area contributed by atoms with Crippen LogP contribution in [0.2, 0.25) is 0 Å². The predicted molar refractivity (Wildman–Crippen MR) is 68.6 cm³/mol. The number of rotatable bonds is 8. The lowest BCUT2D eigenvalue weighted by atomic mass is 10.2. The summed E-state index contributed by atoms with van der Waals surface area (Å²) in [7, 11) is -1.53. The van der Waals surface area contributed by atoms with Gasteiger partial charge in [-0.05, 0) is 25.8 Å². The van der Waals surface area contributed by atoms with E-state index in [0.717, 1.165) is 19.4 Å². The largest absolute Gasteiger partial charge is 0.385 e. The SMILES string of the molecule is CCN(CC1CCCN1)S(=O)(=O)CCCOC. The number of likely N-dealkylation sites (N-methyl/N-ethyl adjacent to an activating group) is 1. The lowest BCUT2D eigenvalue weighted by Gasteiger charge is -2.23. The molecule has 0 saturated carbocycles. The quantitative estimate of drug-likeness (QED) is 0.646. The lowest BCUT2D eigenvalue weighted by molar-refractivity contribution is 0.199. The van der Waals surface area contributed by atoms with Gasteiger partial charge in [-0.2, -0.15) is 0 Å². The Balaban J connectivity index is 2.46. The molecule has 0 aromatic heterocycles. The predicted octanol–water partition coefficient (Wildman–Crippen LogP) is 0.427. The van der Waals surface area contributed by atoms with Crippen molar-refractivity contribution in [2.24, 2.45) is 0 Å². The fourth-order valence-corrected chi connectivity index (χ4v) is 3.65. The molecule has 0 aromatic rings. The van der Waals surface area contributed by atoms with Crippen molar-refractivity contribution in [2.45, 2.75) is 32.2 Å². The molecule has 5 nitrogen and oxygen atoms in total. The van der Waals surface area contributed by atoms with Crippen LogP contribution in [0, 0.1) is 0 Å². The smallest absolute Gasteiger partial charge is 0.214 e. The average Bonchev–Trinajstić information content (AvgIpc) is 2.78. The zero-order chi connectivity index (χ0) is 12.7. The summed E-state index contributed by atoms with van der Waals surface area (Å²) in [6, 6.07) is 0.326. The second-order valence-electron chi connectivity index (χ2n) is 4.41. The molecule has 6 heteroatoms. The number of ether oxygens (including phenoxy) is 1. The zero-order valence-electron chi connectivity index (χ0n) is 10.8. The van der Waals surface area contributed by atoms with Crippen molar-refractivity contribution in [3.05, 3.63) is 0 Å². The monoisotopic (exact) mass is 264 g/mol. The summed E-state index contributed by atoms with van der Waals surface area (Å²) in [5.41, 5.74) is 0. The topological polar surface area (TPSA) is 58.6 Å². The van der Waals surface area contributed by atoms with Gasteiger partial charge in [0.15, 0.2) is 0 Å². The lowest BCUT2D eigenvalue weighted by Crippen LogP contribution is -2.42. The third-order valence-electron chi connectivity index (χ3n) is 3.08. The van der Waals surface area contributed by atoms with Crippen molar-refractivity contribution >= 4 is 10.0 Å². The summed E-state index contributed by atoms with van der Waals surface area (Å²) in [5, 5.41) is 3.33. The summed E-state index contributed by atoms with van der Waals surface area (Å²) in [5.74, 6) is 0.182. The zero-order valence-corrected chi connectivity index (χ0v) is 11.6. The Bertz CT molecular complexity index is 300. The van der Waals surface area contributed by atoms with E-state index in [0.29, 0.717) is 32.2 Å². The number of nitrogens with zero attached hydrogens (tertiary/aromatic N) is 1. The van der Waals surface area contributed by atoms with E-state index < -0.39 is 10.0 Å². The van der Waals surface area contributed by atoms with Gasteiger partial charge in [-0.1, -0.05) is 6.92 Å². The molecule has 1 saturated heterocycles. The van der Waals surface area contributed by atoms with E-state index in [9.17, 15) is 8.42 Å². The highest BCUT2D eigenvalue weighted by Gasteiger charge is 2.24. The van der Waals surface area contributed by atoms with Gasteiger partial charge in [0.1, 0.15) is 0 Å². The van der Waals surface area contributed by atoms with Gasteiger partial charge in [0.2, 0.25) is 10.0 Å². The molecule has 1 aliphatic rings. The Morgan fingerprint density at radius 2 is 2.24 bits per heavy atom. The molecular formula is C11H24N2O3S. The first-order valence-corrected chi connectivity index (χ1v) is 7.91. The number of hydrogen-bond donors (Lipinski definition) is 1. The van der Waals surface area contributed by atoms with E-state index >= 15 is 0 Å². The molecule has 0 spiro atoms. The van der Waals surface area contributed by atoms with Crippen LogP contribution in [0.5, 0.6) is 0 Å². The van der Waals surface area contributed by atoms with Crippen molar-refractivity contribution in [3.63, 3.8) is 0 Å². The van der Waals surface area contributed by atoms with Crippen LogP contribution in [-0.4, -0.2) is 57.9 Å². The van der Waals surface area contributed by atoms with Crippen molar-refractivity contribution in [1.82, 2.24) is 9.62 Å². The standard InChI is InChI=1S/C11H24N2O3S/c1-3-13(10-11-6-4-7-12-11)17(14,15)9-5-8-16-2/h11-12H,3-10H2,1-2H3. The minimum absolute atomic E-state index is 0.182. The Hall–Kier alpha value is -0.170. The van der Waals surface area contributed by atoms with Gasteiger partial charge in [0.25, 0.3) is 0 Å². The second-order valence-corrected chi connectivity index (χ2v) is 6.49. The molecule has 0 amide bonds. The summed E-state index contributed by atoms with van der Waals surface area (Å²) in [4.78, 5) is 0. The molecule has 17 heavy (non-hydrogen) atoms. The maximum absolute atomic E-state index is 12.1. The molecule has 102 valence electrons. The van der Waals surface area contributed by atoms with E-state index in [1.807, 2.05) is 6.92 Å². The molecular weight excluding hydrogens is 240 g/mol. The molecule has 1 aliphatic heterocycles. The van der Waals surface area contributed by atoms with Gasteiger partial charge in [0.05, 0.1) is 5.75 Å². The molecule has 0 radical (unpaired) electrons. The van der Waals surface area contributed by atoms with Crippen LogP contribution in [0.15, 0.2) is 0 Å². The number of methoxy groups -OCH3 is 1. The summed E-state index contributed by atoms with van der Waals surface area (Å²) in [6.45, 7) is 4.55. The number of sulfonamides is 1. The van der Waals surface area contributed by atoms with E-state index in [4.69, 9.17) is 4.74 Å². The van der Waals surface area contributed by atoms with Crippen LogP contribution in [0.3, 0.4) is 0 Å². The van der Waals surface area contributed by atoms with Crippen molar-refractivity contribution in [3.8, 4) is 0 Å². The normalized spacial score (nSPS) is 21.2. The Labute approximate surface area is 105 Å².